The summed E-state index contributed by atoms with van der Waals surface area (Å²) in [7, 11) is 0. The molecule has 0 saturated heterocycles. The van der Waals surface area contributed by atoms with E-state index < -0.39 is 5.97 Å². The summed E-state index contributed by atoms with van der Waals surface area (Å²) in [4.78, 5) is 14.7. The Morgan fingerprint density at radius 1 is 1.69 bits per heavy atom. The van der Waals surface area contributed by atoms with Gasteiger partial charge in [-0.05, 0) is 12.8 Å². The fourth-order valence-corrected chi connectivity index (χ4v) is 1.23. The maximum Gasteiger partial charge on any atom is 0.354 e. The summed E-state index contributed by atoms with van der Waals surface area (Å²) in [5.41, 5.74) is 0.270. The Morgan fingerprint density at radius 3 is 2.77 bits per heavy atom. The zero-order valence-corrected chi connectivity index (χ0v) is 8.11. The van der Waals surface area contributed by atoms with Crippen LogP contribution in [0.3, 0.4) is 0 Å². The SMILES string of the molecule is Cc1ncc(C(=O)O)n1CC(C)C. The average molecular weight is 182 g/mol. The van der Waals surface area contributed by atoms with Crippen LogP contribution in [0.5, 0.6) is 0 Å². The Hall–Kier alpha value is -1.32. The predicted molar refractivity (Wildman–Crippen MR) is 48.8 cm³/mol. The molecular weight excluding hydrogens is 168 g/mol. The fraction of sp³-hybridized carbons (Fsp3) is 0.556. The van der Waals surface area contributed by atoms with E-state index in [2.05, 4.69) is 4.98 Å². The van der Waals surface area contributed by atoms with Crippen molar-refractivity contribution in [2.75, 3.05) is 0 Å². The molecule has 13 heavy (non-hydrogen) atoms. The molecular formula is C9H14N2O2. The molecule has 0 spiro atoms. The third kappa shape index (κ3) is 2.08. The highest BCUT2D eigenvalue weighted by atomic mass is 16.4. The Kier molecular flexibility index (Phi) is 2.70. The van der Waals surface area contributed by atoms with Crippen LogP contribution in [0.15, 0.2) is 6.20 Å². The van der Waals surface area contributed by atoms with Crippen molar-refractivity contribution in [1.29, 1.82) is 0 Å². The van der Waals surface area contributed by atoms with Gasteiger partial charge in [0.25, 0.3) is 0 Å². The predicted octanol–water partition coefficient (Wildman–Crippen LogP) is 1.55. The van der Waals surface area contributed by atoms with Crippen molar-refractivity contribution in [3.05, 3.63) is 17.7 Å². The number of nitrogens with zero attached hydrogens (tertiary/aromatic N) is 2. The summed E-state index contributed by atoms with van der Waals surface area (Å²) in [6.45, 7) is 6.61. The lowest BCUT2D eigenvalue weighted by Gasteiger charge is -2.09. The minimum Gasteiger partial charge on any atom is -0.477 e. The van der Waals surface area contributed by atoms with Crippen molar-refractivity contribution in [3.63, 3.8) is 0 Å². The highest BCUT2D eigenvalue weighted by Gasteiger charge is 2.13. The number of imidazole rings is 1. The number of aromatic carboxylic acids is 1. The molecule has 1 aromatic heterocycles. The smallest absolute Gasteiger partial charge is 0.354 e. The van der Waals surface area contributed by atoms with Crippen molar-refractivity contribution in [2.24, 2.45) is 5.92 Å². The first-order valence-corrected chi connectivity index (χ1v) is 4.27. The average Bonchev–Trinajstić information content (AvgIpc) is 2.32. The van der Waals surface area contributed by atoms with Gasteiger partial charge in [0, 0.05) is 6.54 Å². The van der Waals surface area contributed by atoms with Crippen LogP contribution < -0.4 is 0 Å². The minimum atomic E-state index is -0.916. The Morgan fingerprint density at radius 2 is 2.31 bits per heavy atom. The Balaban J connectivity index is 3.01. The van der Waals surface area contributed by atoms with Gasteiger partial charge in [-0.25, -0.2) is 9.78 Å². The van der Waals surface area contributed by atoms with Crippen molar-refractivity contribution < 1.29 is 9.90 Å². The van der Waals surface area contributed by atoms with Gasteiger partial charge in [0.2, 0.25) is 0 Å². The molecule has 0 amide bonds. The standard InChI is InChI=1S/C9H14N2O2/c1-6(2)5-11-7(3)10-4-8(11)9(12)13/h4,6H,5H2,1-3H3,(H,12,13). The first kappa shape index (κ1) is 9.77. The van der Waals surface area contributed by atoms with Crippen molar-refractivity contribution in [2.45, 2.75) is 27.3 Å². The molecule has 1 aromatic rings. The van der Waals surface area contributed by atoms with E-state index in [0.717, 1.165) is 5.82 Å². The van der Waals surface area contributed by atoms with E-state index in [1.807, 2.05) is 20.8 Å². The van der Waals surface area contributed by atoms with Gasteiger partial charge in [-0.3, -0.25) is 0 Å². The van der Waals surface area contributed by atoms with Crippen molar-refractivity contribution in [3.8, 4) is 0 Å². The van der Waals surface area contributed by atoms with Gasteiger partial charge >= 0.3 is 5.97 Å². The van der Waals surface area contributed by atoms with E-state index in [0.29, 0.717) is 12.5 Å². The molecule has 1 rings (SSSR count). The number of carboxylic acid groups (broad SMARTS) is 1. The van der Waals surface area contributed by atoms with Crippen LogP contribution in [-0.2, 0) is 6.54 Å². The van der Waals surface area contributed by atoms with Gasteiger partial charge in [0.1, 0.15) is 11.5 Å². The summed E-state index contributed by atoms with van der Waals surface area (Å²) in [5.74, 6) is 0.262. The number of hydrogen-bond donors (Lipinski definition) is 1. The maximum atomic E-state index is 10.8. The highest BCUT2D eigenvalue weighted by molar-refractivity contribution is 5.85. The second kappa shape index (κ2) is 3.60. The van der Waals surface area contributed by atoms with Crippen LogP contribution in [0.1, 0.15) is 30.2 Å². The lowest BCUT2D eigenvalue weighted by molar-refractivity contribution is 0.0684. The Labute approximate surface area is 77.2 Å². The van der Waals surface area contributed by atoms with E-state index >= 15 is 0 Å². The van der Waals surface area contributed by atoms with Gasteiger partial charge in [-0.15, -0.1) is 0 Å². The number of aromatic nitrogens is 2. The van der Waals surface area contributed by atoms with Crippen molar-refractivity contribution in [1.82, 2.24) is 9.55 Å². The number of rotatable bonds is 3. The van der Waals surface area contributed by atoms with Gasteiger partial charge < -0.3 is 9.67 Å². The Bertz CT molecular complexity index is 315. The summed E-state index contributed by atoms with van der Waals surface area (Å²) in [6, 6.07) is 0. The lowest BCUT2D eigenvalue weighted by atomic mass is 10.2. The highest BCUT2D eigenvalue weighted by Crippen LogP contribution is 2.08. The van der Waals surface area contributed by atoms with E-state index in [9.17, 15) is 4.79 Å². The topological polar surface area (TPSA) is 55.1 Å². The fourth-order valence-electron chi connectivity index (χ4n) is 1.23. The van der Waals surface area contributed by atoms with Gasteiger partial charge in [-0.1, -0.05) is 13.8 Å². The van der Waals surface area contributed by atoms with Crippen LogP contribution in [0.2, 0.25) is 0 Å². The number of hydrogen-bond acceptors (Lipinski definition) is 2. The molecule has 0 unspecified atom stereocenters. The van der Waals surface area contributed by atoms with Crippen molar-refractivity contribution >= 4 is 5.97 Å². The third-order valence-electron chi connectivity index (χ3n) is 1.82. The second-order valence-corrected chi connectivity index (χ2v) is 3.50. The van der Waals surface area contributed by atoms with E-state index in [1.165, 1.54) is 6.20 Å². The minimum absolute atomic E-state index is 0.270. The van der Waals surface area contributed by atoms with E-state index in [1.54, 1.807) is 4.57 Å². The first-order chi connectivity index (χ1) is 6.02. The molecule has 0 radical (unpaired) electrons. The maximum absolute atomic E-state index is 10.8. The third-order valence-corrected chi connectivity index (χ3v) is 1.82. The summed E-state index contributed by atoms with van der Waals surface area (Å²) >= 11 is 0. The molecule has 1 heterocycles. The monoisotopic (exact) mass is 182 g/mol. The lowest BCUT2D eigenvalue weighted by Crippen LogP contribution is -2.13. The molecule has 0 atom stereocenters. The molecule has 0 aliphatic rings. The largest absolute Gasteiger partial charge is 0.477 e. The van der Waals surface area contributed by atoms with Gasteiger partial charge in [0.05, 0.1) is 6.20 Å². The zero-order valence-electron chi connectivity index (χ0n) is 8.11. The summed E-state index contributed by atoms with van der Waals surface area (Å²) < 4.78 is 1.73. The van der Waals surface area contributed by atoms with Crippen LogP contribution in [0.25, 0.3) is 0 Å². The molecule has 0 fully saturated rings. The molecule has 0 bridgehead atoms. The van der Waals surface area contributed by atoms with Gasteiger partial charge in [0.15, 0.2) is 0 Å². The zero-order chi connectivity index (χ0) is 10.0. The molecule has 0 aliphatic heterocycles. The van der Waals surface area contributed by atoms with E-state index in [-0.39, 0.29) is 5.69 Å². The number of carboxylic acids is 1. The first-order valence-electron chi connectivity index (χ1n) is 4.27. The summed E-state index contributed by atoms with van der Waals surface area (Å²) in [5, 5.41) is 8.83. The normalized spacial score (nSPS) is 10.8. The second-order valence-electron chi connectivity index (χ2n) is 3.50. The van der Waals surface area contributed by atoms with Crippen LogP contribution >= 0.6 is 0 Å². The molecule has 0 saturated carbocycles. The van der Waals surface area contributed by atoms with E-state index in [4.69, 9.17) is 5.11 Å². The number of aryl methyl sites for hydroxylation is 1. The molecule has 4 heteroatoms. The van der Waals surface area contributed by atoms with Crippen LogP contribution in [0.4, 0.5) is 0 Å². The summed E-state index contributed by atoms with van der Waals surface area (Å²) in [6.07, 6.45) is 1.40. The molecule has 4 nitrogen and oxygen atoms in total. The molecule has 0 aliphatic carbocycles. The molecule has 72 valence electrons. The number of carbonyl (C=O) groups is 1. The quantitative estimate of drug-likeness (QED) is 0.771. The van der Waals surface area contributed by atoms with Crippen LogP contribution in [0, 0.1) is 12.8 Å². The van der Waals surface area contributed by atoms with Gasteiger partial charge in [-0.2, -0.15) is 0 Å². The molecule has 1 N–H and O–H groups in total. The molecule has 0 aromatic carbocycles. The van der Waals surface area contributed by atoms with Crippen LogP contribution in [-0.4, -0.2) is 20.6 Å².